The third kappa shape index (κ3) is 6.83. The topological polar surface area (TPSA) is 95.9 Å². The maximum atomic E-state index is 13.0. The minimum absolute atomic E-state index is 0.124. The number of rotatable bonds is 9. The zero-order valence-corrected chi connectivity index (χ0v) is 19.5. The number of carbonyl (C=O) groups excluding carboxylic acids is 3. The van der Waals surface area contributed by atoms with E-state index in [2.05, 4.69) is 5.32 Å². The SMILES string of the molecule is CC(C)OC(=O)C(O)[C@H](Cc1ccccc1)NC(=O)C(C)N1C=CSC(C(C)C)C1=O. The normalized spacial score (nSPS) is 19.3. The van der Waals surface area contributed by atoms with E-state index in [1.54, 1.807) is 27.0 Å². The Balaban J connectivity index is 2.17. The number of thioether (sulfide) groups is 1. The highest BCUT2D eigenvalue weighted by atomic mass is 32.2. The Morgan fingerprint density at radius 1 is 1.16 bits per heavy atom. The molecule has 0 spiro atoms. The van der Waals surface area contributed by atoms with Crippen LogP contribution in [0.15, 0.2) is 41.9 Å². The molecule has 0 radical (unpaired) electrons. The lowest BCUT2D eigenvalue weighted by Crippen LogP contribution is -2.55. The molecule has 0 aromatic heterocycles. The van der Waals surface area contributed by atoms with Crippen LogP contribution in [0.5, 0.6) is 0 Å². The van der Waals surface area contributed by atoms with Crippen LogP contribution in [-0.4, -0.2) is 57.3 Å². The van der Waals surface area contributed by atoms with Crippen molar-refractivity contribution < 1.29 is 24.2 Å². The van der Waals surface area contributed by atoms with E-state index in [9.17, 15) is 19.5 Å². The van der Waals surface area contributed by atoms with Crippen molar-refractivity contribution in [3.05, 3.63) is 47.5 Å². The molecule has 3 unspecified atom stereocenters. The summed E-state index contributed by atoms with van der Waals surface area (Å²) < 4.78 is 5.13. The van der Waals surface area contributed by atoms with Gasteiger partial charge in [-0.05, 0) is 44.1 Å². The summed E-state index contributed by atoms with van der Waals surface area (Å²) in [4.78, 5) is 39.5. The van der Waals surface area contributed by atoms with Gasteiger partial charge in [0.15, 0.2) is 6.10 Å². The van der Waals surface area contributed by atoms with Gasteiger partial charge in [0.2, 0.25) is 11.8 Å². The number of esters is 1. The van der Waals surface area contributed by atoms with Gasteiger partial charge in [-0.3, -0.25) is 9.59 Å². The lowest BCUT2D eigenvalue weighted by molar-refractivity contribution is -0.159. The number of aliphatic hydroxyl groups is 1. The van der Waals surface area contributed by atoms with Crippen LogP contribution in [-0.2, 0) is 25.5 Å². The Morgan fingerprint density at radius 3 is 2.39 bits per heavy atom. The average Bonchev–Trinajstić information content (AvgIpc) is 2.72. The maximum Gasteiger partial charge on any atom is 0.337 e. The molecule has 0 saturated heterocycles. The van der Waals surface area contributed by atoms with Gasteiger partial charge in [-0.25, -0.2) is 4.79 Å². The molecular weight excluding hydrogens is 416 g/mol. The monoisotopic (exact) mass is 448 g/mol. The van der Waals surface area contributed by atoms with Gasteiger partial charge >= 0.3 is 5.97 Å². The summed E-state index contributed by atoms with van der Waals surface area (Å²) in [6.45, 7) is 8.93. The summed E-state index contributed by atoms with van der Waals surface area (Å²) in [5.41, 5.74) is 0.849. The standard InChI is InChI=1S/C23H32N2O5S/c1-14(2)20-22(28)25(11-12-31-20)16(5)21(27)24-18(13-17-9-7-6-8-10-17)19(26)23(29)30-15(3)4/h6-12,14-16,18-20,26H,13H2,1-5H3,(H,24,27)/t16?,18-,19?,20?/m0/s1. The van der Waals surface area contributed by atoms with Crippen molar-refractivity contribution in [3.63, 3.8) is 0 Å². The van der Waals surface area contributed by atoms with Gasteiger partial charge in [-0.1, -0.05) is 44.2 Å². The van der Waals surface area contributed by atoms with Crippen molar-refractivity contribution in [1.29, 1.82) is 0 Å². The molecule has 0 bridgehead atoms. The Kier molecular flexibility index (Phi) is 9.13. The van der Waals surface area contributed by atoms with Crippen LogP contribution in [0.4, 0.5) is 0 Å². The molecule has 1 aliphatic heterocycles. The van der Waals surface area contributed by atoms with Crippen molar-refractivity contribution in [3.8, 4) is 0 Å². The third-order valence-corrected chi connectivity index (χ3v) is 6.27. The van der Waals surface area contributed by atoms with Crippen LogP contribution in [0.3, 0.4) is 0 Å². The molecule has 1 aromatic rings. The number of hydrogen-bond donors (Lipinski definition) is 2. The van der Waals surface area contributed by atoms with Gasteiger partial charge in [0.05, 0.1) is 17.4 Å². The van der Waals surface area contributed by atoms with E-state index in [-0.39, 0.29) is 23.5 Å². The zero-order valence-electron chi connectivity index (χ0n) is 18.6. The fourth-order valence-electron chi connectivity index (χ4n) is 3.23. The Morgan fingerprint density at radius 2 is 1.81 bits per heavy atom. The van der Waals surface area contributed by atoms with Gasteiger partial charge in [-0.15, -0.1) is 11.8 Å². The molecule has 1 aliphatic rings. The summed E-state index contributed by atoms with van der Waals surface area (Å²) in [7, 11) is 0. The van der Waals surface area contributed by atoms with E-state index in [0.29, 0.717) is 0 Å². The molecule has 1 heterocycles. The van der Waals surface area contributed by atoms with Gasteiger partial charge in [0, 0.05) is 6.20 Å². The number of nitrogens with zero attached hydrogens (tertiary/aromatic N) is 1. The van der Waals surface area contributed by atoms with E-state index < -0.39 is 36.2 Å². The molecule has 0 aliphatic carbocycles. The largest absolute Gasteiger partial charge is 0.461 e. The first-order chi connectivity index (χ1) is 14.6. The minimum atomic E-state index is -1.54. The predicted octanol–water partition coefficient (Wildman–Crippen LogP) is 2.49. The molecule has 2 N–H and O–H groups in total. The Bertz CT molecular complexity index is 796. The smallest absolute Gasteiger partial charge is 0.337 e. The van der Waals surface area contributed by atoms with Crippen molar-refractivity contribution in [2.24, 2.45) is 5.92 Å². The molecule has 170 valence electrons. The molecule has 0 fully saturated rings. The molecule has 31 heavy (non-hydrogen) atoms. The third-order valence-electron chi connectivity index (χ3n) is 4.95. The fourth-order valence-corrected chi connectivity index (χ4v) is 4.15. The quantitative estimate of drug-likeness (QED) is 0.564. The van der Waals surface area contributed by atoms with E-state index in [4.69, 9.17) is 4.74 Å². The van der Waals surface area contributed by atoms with Gasteiger partial charge in [0.25, 0.3) is 0 Å². The summed E-state index contributed by atoms with van der Waals surface area (Å²) in [5.74, 6) is -1.26. The van der Waals surface area contributed by atoms with E-state index in [0.717, 1.165) is 5.56 Å². The number of hydrogen-bond acceptors (Lipinski definition) is 6. The van der Waals surface area contributed by atoms with E-state index >= 15 is 0 Å². The summed E-state index contributed by atoms with van der Waals surface area (Å²) in [6.07, 6.45) is -0.0886. The minimum Gasteiger partial charge on any atom is -0.461 e. The Labute approximate surface area is 188 Å². The highest BCUT2D eigenvalue weighted by Crippen LogP contribution is 2.28. The molecular formula is C23H32N2O5S. The van der Waals surface area contributed by atoms with E-state index in [1.165, 1.54) is 16.7 Å². The van der Waals surface area contributed by atoms with Crippen LogP contribution in [0.25, 0.3) is 0 Å². The molecule has 8 heteroatoms. The number of benzene rings is 1. The first-order valence-corrected chi connectivity index (χ1v) is 11.4. The molecule has 7 nitrogen and oxygen atoms in total. The number of ether oxygens (including phenoxy) is 1. The van der Waals surface area contributed by atoms with Crippen LogP contribution >= 0.6 is 11.8 Å². The van der Waals surface area contributed by atoms with Crippen LogP contribution < -0.4 is 5.32 Å². The molecule has 1 aromatic carbocycles. The first kappa shape index (κ1) is 24.9. The van der Waals surface area contributed by atoms with Crippen molar-refractivity contribution >= 4 is 29.5 Å². The van der Waals surface area contributed by atoms with Crippen molar-refractivity contribution in [2.75, 3.05) is 0 Å². The van der Waals surface area contributed by atoms with Gasteiger partial charge in [0.1, 0.15) is 6.04 Å². The molecule has 2 rings (SSSR count). The highest BCUT2D eigenvalue weighted by Gasteiger charge is 2.36. The summed E-state index contributed by atoms with van der Waals surface area (Å²) in [5, 5.41) is 14.9. The lowest BCUT2D eigenvalue weighted by Gasteiger charge is -2.34. The van der Waals surface area contributed by atoms with Crippen LogP contribution in [0.2, 0.25) is 0 Å². The summed E-state index contributed by atoms with van der Waals surface area (Å²) >= 11 is 1.44. The number of amides is 2. The highest BCUT2D eigenvalue weighted by molar-refractivity contribution is 8.03. The fraction of sp³-hybridized carbons (Fsp3) is 0.522. The molecule has 4 atom stereocenters. The summed E-state index contributed by atoms with van der Waals surface area (Å²) in [6, 6.07) is 7.56. The zero-order chi connectivity index (χ0) is 23.1. The average molecular weight is 449 g/mol. The maximum absolute atomic E-state index is 13.0. The van der Waals surface area contributed by atoms with Gasteiger partial charge in [-0.2, -0.15) is 0 Å². The second kappa shape index (κ2) is 11.3. The van der Waals surface area contributed by atoms with E-state index in [1.807, 2.05) is 49.6 Å². The first-order valence-electron chi connectivity index (χ1n) is 10.5. The van der Waals surface area contributed by atoms with Crippen molar-refractivity contribution in [2.45, 2.75) is 70.6 Å². The van der Waals surface area contributed by atoms with Crippen LogP contribution in [0, 0.1) is 5.92 Å². The Hall–Kier alpha value is -2.32. The van der Waals surface area contributed by atoms with Crippen LogP contribution in [0.1, 0.15) is 40.2 Å². The number of nitrogens with one attached hydrogen (secondary N) is 1. The predicted molar refractivity (Wildman–Crippen MR) is 121 cm³/mol. The van der Waals surface area contributed by atoms with Gasteiger partial charge < -0.3 is 20.1 Å². The number of aliphatic hydroxyl groups excluding tert-OH is 1. The van der Waals surface area contributed by atoms with Crippen molar-refractivity contribution in [1.82, 2.24) is 10.2 Å². The second-order valence-electron chi connectivity index (χ2n) is 8.24. The number of carbonyl (C=O) groups is 3. The molecule has 2 amide bonds. The second-order valence-corrected chi connectivity index (χ2v) is 9.29. The lowest BCUT2D eigenvalue weighted by atomic mass is 10.0. The molecule has 0 saturated carbocycles.